The van der Waals surface area contributed by atoms with Crippen molar-refractivity contribution < 1.29 is 14.3 Å². The fourth-order valence-electron chi connectivity index (χ4n) is 0.810. The van der Waals surface area contributed by atoms with Crippen molar-refractivity contribution in [1.82, 2.24) is 10.6 Å². The van der Waals surface area contributed by atoms with Crippen LogP contribution in [0, 0.1) is 0 Å². The maximum absolute atomic E-state index is 10.8. The van der Waals surface area contributed by atoms with Crippen molar-refractivity contribution in [2.45, 2.75) is 12.7 Å². The fourth-order valence-corrected chi connectivity index (χ4v) is 0.810. The average Bonchev–Trinajstić information content (AvgIpc) is 2.18. The Morgan fingerprint density at radius 1 is 1.38 bits per heavy atom. The van der Waals surface area contributed by atoms with E-state index in [0.717, 1.165) is 0 Å². The highest BCUT2D eigenvalue weighted by Gasteiger charge is 2.03. The summed E-state index contributed by atoms with van der Waals surface area (Å²) in [7, 11) is 4.78. The molecule has 0 aliphatic heterocycles. The van der Waals surface area contributed by atoms with E-state index in [1.54, 1.807) is 21.3 Å². The highest BCUT2D eigenvalue weighted by Crippen LogP contribution is 1.87. The lowest BCUT2D eigenvalue weighted by Crippen LogP contribution is -2.32. The van der Waals surface area contributed by atoms with Gasteiger partial charge in [-0.1, -0.05) is 0 Å². The summed E-state index contributed by atoms with van der Waals surface area (Å²) in [5.74, 6) is 0.0267. The molecule has 0 aromatic rings. The standard InChI is InChI=1S/C8H18N2O3/c1-9-7(11)4-5-10-6-8(12-2)13-3/h8,10H,4-6H2,1-3H3,(H,9,11). The van der Waals surface area contributed by atoms with Crippen LogP contribution in [0.2, 0.25) is 0 Å². The Balaban J connectivity index is 3.28. The summed E-state index contributed by atoms with van der Waals surface area (Å²) in [6, 6.07) is 0. The Kier molecular flexibility index (Phi) is 7.57. The number of methoxy groups -OCH3 is 2. The molecule has 0 unspecified atom stereocenters. The van der Waals surface area contributed by atoms with Gasteiger partial charge in [-0.3, -0.25) is 4.79 Å². The van der Waals surface area contributed by atoms with E-state index in [2.05, 4.69) is 10.6 Å². The molecule has 5 heteroatoms. The van der Waals surface area contributed by atoms with Crippen LogP contribution in [0.4, 0.5) is 0 Å². The Labute approximate surface area is 78.8 Å². The van der Waals surface area contributed by atoms with Gasteiger partial charge in [-0.05, 0) is 0 Å². The Bertz CT molecular complexity index is 137. The molecular formula is C8H18N2O3. The third-order valence-corrected chi connectivity index (χ3v) is 1.64. The van der Waals surface area contributed by atoms with Gasteiger partial charge in [-0.15, -0.1) is 0 Å². The lowest BCUT2D eigenvalue weighted by atomic mass is 10.4. The first-order chi connectivity index (χ1) is 6.24. The van der Waals surface area contributed by atoms with E-state index in [-0.39, 0.29) is 12.2 Å². The summed E-state index contributed by atoms with van der Waals surface area (Å²) in [5.41, 5.74) is 0. The third-order valence-electron chi connectivity index (χ3n) is 1.64. The molecule has 0 heterocycles. The molecule has 0 aromatic heterocycles. The first kappa shape index (κ1) is 12.3. The van der Waals surface area contributed by atoms with E-state index in [9.17, 15) is 4.79 Å². The van der Waals surface area contributed by atoms with Crippen LogP contribution >= 0.6 is 0 Å². The number of hydrogen-bond donors (Lipinski definition) is 2. The van der Waals surface area contributed by atoms with Gasteiger partial charge in [0.15, 0.2) is 6.29 Å². The summed E-state index contributed by atoms with van der Waals surface area (Å²) >= 11 is 0. The van der Waals surface area contributed by atoms with Crippen molar-refractivity contribution in [1.29, 1.82) is 0 Å². The SMILES string of the molecule is CNC(=O)CCNCC(OC)OC. The number of carbonyl (C=O) groups excluding carboxylic acids is 1. The monoisotopic (exact) mass is 190 g/mol. The topological polar surface area (TPSA) is 59.6 Å². The molecule has 0 radical (unpaired) electrons. The van der Waals surface area contributed by atoms with Gasteiger partial charge >= 0.3 is 0 Å². The zero-order valence-electron chi connectivity index (χ0n) is 8.42. The van der Waals surface area contributed by atoms with E-state index in [1.165, 1.54) is 0 Å². The quantitative estimate of drug-likeness (QED) is 0.413. The molecular weight excluding hydrogens is 172 g/mol. The van der Waals surface area contributed by atoms with Crippen LogP contribution in [-0.4, -0.2) is 46.6 Å². The van der Waals surface area contributed by atoms with Gasteiger partial charge < -0.3 is 20.1 Å². The number of ether oxygens (including phenoxy) is 2. The van der Waals surface area contributed by atoms with E-state index in [0.29, 0.717) is 19.5 Å². The van der Waals surface area contributed by atoms with Crippen LogP contribution < -0.4 is 10.6 Å². The third kappa shape index (κ3) is 6.51. The first-order valence-electron chi connectivity index (χ1n) is 4.21. The van der Waals surface area contributed by atoms with E-state index in [1.807, 2.05) is 0 Å². The van der Waals surface area contributed by atoms with Gasteiger partial charge in [0.05, 0.1) is 0 Å². The van der Waals surface area contributed by atoms with Gasteiger partial charge in [-0.25, -0.2) is 0 Å². The average molecular weight is 190 g/mol. The number of amides is 1. The van der Waals surface area contributed by atoms with Gasteiger partial charge in [0.25, 0.3) is 0 Å². The van der Waals surface area contributed by atoms with Crippen LogP contribution in [-0.2, 0) is 14.3 Å². The van der Waals surface area contributed by atoms with E-state index >= 15 is 0 Å². The van der Waals surface area contributed by atoms with E-state index in [4.69, 9.17) is 9.47 Å². The molecule has 0 aliphatic carbocycles. The first-order valence-corrected chi connectivity index (χ1v) is 4.21. The van der Waals surface area contributed by atoms with Crippen molar-refractivity contribution in [2.24, 2.45) is 0 Å². The molecule has 5 nitrogen and oxygen atoms in total. The number of nitrogens with one attached hydrogen (secondary N) is 2. The minimum Gasteiger partial charge on any atom is -0.359 e. The molecule has 0 saturated heterocycles. The maximum atomic E-state index is 10.8. The Morgan fingerprint density at radius 2 is 2.00 bits per heavy atom. The Morgan fingerprint density at radius 3 is 2.46 bits per heavy atom. The summed E-state index contributed by atoms with van der Waals surface area (Å²) in [6.45, 7) is 1.22. The zero-order valence-corrected chi connectivity index (χ0v) is 8.42. The normalized spacial score (nSPS) is 10.5. The summed E-state index contributed by atoms with van der Waals surface area (Å²) < 4.78 is 9.90. The summed E-state index contributed by atoms with van der Waals surface area (Å²) in [4.78, 5) is 10.8. The van der Waals surface area contributed by atoms with Gasteiger partial charge in [0.1, 0.15) is 0 Å². The Hall–Kier alpha value is -0.650. The maximum Gasteiger partial charge on any atom is 0.221 e. The molecule has 0 fully saturated rings. The molecule has 0 bridgehead atoms. The lowest BCUT2D eigenvalue weighted by molar-refractivity contribution is -0.120. The predicted octanol–water partition coefficient (Wildman–Crippen LogP) is -0.669. The second kappa shape index (κ2) is 7.97. The van der Waals surface area contributed by atoms with Crippen molar-refractivity contribution in [2.75, 3.05) is 34.4 Å². The van der Waals surface area contributed by atoms with Crippen molar-refractivity contribution in [3.8, 4) is 0 Å². The minimum atomic E-state index is -0.246. The highest BCUT2D eigenvalue weighted by molar-refractivity contribution is 5.75. The number of hydrogen-bond acceptors (Lipinski definition) is 4. The molecule has 0 rings (SSSR count). The van der Waals surface area contributed by atoms with Crippen LogP contribution in [0.5, 0.6) is 0 Å². The number of rotatable bonds is 7. The zero-order chi connectivity index (χ0) is 10.1. The smallest absolute Gasteiger partial charge is 0.221 e. The number of carbonyl (C=O) groups is 1. The molecule has 13 heavy (non-hydrogen) atoms. The largest absolute Gasteiger partial charge is 0.359 e. The summed E-state index contributed by atoms with van der Waals surface area (Å²) in [6.07, 6.45) is 0.223. The van der Waals surface area contributed by atoms with Crippen LogP contribution in [0.1, 0.15) is 6.42 Å². The second-order valence-electron chi connectivity index (χ2n) is 2.53. The van der Waals surface area contributed by atoms with Gasteiger partial charge in [-0.2, -0.15) is 0 Å². The van der Waals surface area contributed by atoms with Crippen LogP contribution in [0.3, 0.4) is 0 Å². The fraction of sp³-hybridized carbons (Fsp3) is 0.875. The van der Waals surface area contributed by atoms with Gasteiger partial charge in [0, 0.05) is 40.8 Å². The molecule has 0 aliphatic rings. The molecule has 0 spiro atoms. The molecule has 1 amide bonds. The molecule has 0 saturated carbocycles. The second-order valence-corrected chi connectivity index (χ2v) is 2.53. The molecule has 78 valence electrons. The van der Waals surface area contributed by atoms with Crippen molar-refractivity contribution in [3.05, 3.63) is 0 Å². The van der Waals surface area contributed by atoms with Crippen LogP contribution in [0.25, 0.3) is 0 Å². The van der Waals surface area contributed by atoms with Crippen molar-refractivity contribution in [3.63, 3.8) is 0 Å². The highest BCUT2D eigenvalue weighted by atomic mass is 16.7. The molecule has 0 atom stereocenters. The summed E-state index contributed by atoms with van der Waals surface area (Å²) in [5, 5.41) is 5.58. The van der Waals surface area contributed by atoms with Crippen LogP contribution in [0.15, 0.2) is 0 Å². The molecule has 0 aromatic carbocycles. The van der Waals surface area contributed by atoms with E-state index < -0.39 is 0 Å². The minimum absolute atomic E-state index is 0.0267. The molecule has 2 N–H and O–H groups in total. The van der Waals surface area contributed by atoms with Gasteiger partial charge in [0.2, 0.25) is 5.91 Å². The lowest BCUT2D eigenvalue weighted by Gasteiger charge is -2.13. The van der Waals surface area contributed by atoms with Crippen molar-refractivity contribution >= 4 is 5.91 Å². The predicted molar refractivity (Wildman–Crippen MR) is 49.4 cm³/mol.